The van der Waals surface area contributed by atoms with Crippen molar-refractivity contribution in [1.82, 2.24) is 0 Å². The van der Waals surface area contributed by atoms with E-state index in [9.17, 15) is 78.9 Å². The van der Waals surface area contributed by atoms with Crippen molar-refractivity contribution < 1.29 is 155 Å². The summed E-state index contributed by atoms with van der Waals surface area (Å²) >= 11 is 0. The summed E-state index contributed by atoms with van der Waals surface area (Å²) in [5.41, 5.74) is -3.49. The molecule has 0 aromatic rings. The highest BCUT2D eigenvalue weighted by molar-refractivity contribution is 5.79. The summed E-state index contributed by atoms with van der Waals surface area (Å²) in [5, 5.41) is 88.6. The van der Waals surface area contributed by atoms with Gasteiger partial charge < -0.3 is 131 Å². The van der Waals surface area contributed by atoms with Gasteiger partial charge in [0.1, 0.15) is 57.5 Å². The van der Waals surface area contributed by atoms with Gasteiger partial charge in [-0.15, -0.1) is 0 Å². The third-order valence-corrected chi connectivity index (χ3v) is 29.9. The summed E-state index contributed by atoms with van der Waals surface area (Å²) in [4.78, 5) is 106. The highest BCUT2D eigenvalue weighted by Crippen LogP contribution is 2.68. The lowest BCUT2D eigenvalue weighted by Crippen LogP contribution is -2.68. The predicted octanol–water partition coefficient (Wildman–Crippen LogP) is 3.80. The van der Waals surface area contributed by atoms with E-state index in [-0.39, 0.29) is 156 Å². The maximum Gasteiger partial charge on any atom is 0.508 e. The van der Waals surface area contributed by atoms with E-state index >= 15 is 0 Å². The Kier molecular flexibility index (Phi) is 27.5. The molecule has 1 spiro atoms. The van der Waals surface area contributed by atoms with Crippen LogP contribution in [0.2, 0.25) is 0 Å². The summed E-state index contributed by atoms with van der Waals surface area (Å²) < 4.78 is 80.2. The van der Waals surface area contributed by atoms with Crippen molar-refractivity contribution in [1.29, 1.82) is 0 Å². The molecule has 0 aromatic carbocycles. The number of carboxylic acids is 5. The first-order valence-electron chi connectivity index (χ1n) is 43.6. The Morgan fingerprint density at radius 3 is 1.25 bits per heavy atom. The molecule has 0 radical (unpaired) electrons. The van der Waals surface area contributed by atoms with Crippen LogP contribution in [0, 0.1) is 97.6 Å². The van der Waals surface area contributed by atoms with Crippen molar-refractivity contribution in [3.8, 4) is 0 Å². The molecule has 0 amide bonds. The molecule has 12 unspecified atom stereocenters. The van der Waals surface area contributed by atoms with Crippen molar-refractivity contribution >= 4 is 53.9 Å². The van der Waals surface area contributed by atoms with Crippen LogP contribution in [0.4, 0.5) is 4.79 Å². The second-order valence-corrected chi connectivity index (χ2v) is 40.1. The molecule has 32 nitrogen and oxygen atoms in total. The smallest absolute Gasteiger partial charge is 0.508 e. The number of esters is 3. The normalized spacial score (nSPS) is 42.8. The number of aliphatic carboxylic acids is 5. The topological polar surface area (TPSA) is 476 Å². The number of carbonyl (C=O) groups excluding carboxylic acids is 8. The SMILES string of the molecule is CC(O)CCC(=O)[O-].CC1(CCC(=O)[O-])OCC(CO)O1.CC1(CCC(=O)[O-])OCC(COC(=O)C23CC4CC(CC(O)(C4)C2)C3)O1.CCC1(COC(=O)OCC2OC(C)(CCC(=O)[O-])OC2CO)COC1.O=C(O)C12CC3CC(C1)C1(OCC(COC(=O)C45CC6CC(CC(C6)C4)C5)(COC(=O)C45CC6CC(CC(C6)C4)C5)CO1)C(C3)C2. The maximum absolute atomic E-state index is 14.0. The predicted molar refractivity (Wildman–Crippen MR) is 397 cm³/mol. The van der Waals surface area contributed by atoms with E-state index in [2.05, 4.69) is 0 Å². The first kappa shape index (κ1) is 90.2. The largest absolute Gasteiger partial charge is 0.550 e. The molecule has 32 heteroatoms. The van der Waals surface area contributed by atoms with Crippen molar-refractivity contribution in [2.75, 3.05) is 85.9 Å². The minimum Gasteiger partial charge on any atom is -0.550 e. The molecule has 118 heavy (non-hydrogen) atoms. The van der Waals surface area contributed by atoms with Crippen LogP contribution in [0.3, 0.4) is 0 Å². The Morgan fingerprint density at radius 1 is 0.432 bits per heavy atom. The number of carbonyl (C=O) groups is 9. The Hall–Kier alpha value is -5.49. The van der Waals surface area contributed by atoms with Crippen molar-refractivity contribution in [2.45, 2.75) is 299 Å². The zero-order valence-corrected chi connectivity index (χ0v) is 69.3. The fourth-order valence-electron chi connectivity index (χ4n) is 25.3. The summed E-state index contributed by atoms with van der Waals surface area (Å²) in [6, 6.07) is 0. The lowest BCUT2D eigenvalue weighted by molar-refractivity contribution is -0.391. The summed E-state index contributed by atoms with van der Waals surface area (Å²) in [6.45, 7) is 10.7. The van der Waals surface area contributed by atoms with Gasteiger partial charge in [0.25, 0.3) is 0 Å². The van der Waals surface area contributed by atoms with Crippen molar-refractivity contribution in [3.05, 3.63) is 0 Å². The van der Waals surface area contributed by atoms with Crippen LogP contribution in [0.1, 0.15) is 240 Å². The molecule has 21 rings (SSSR count). The standard InChI is InChI=1S/C38H52O8.C19H28O7.C16H26O9.C8H14O5.C5H10O3/c39-31(40)35-9-28-7-29(16-35)38(30(8-28)17-35)45-20-34(21-46-38,18-43-32(41)36-10-22-1-23(11-36)3-24(2-22)12-36)19-44-33(42)37-13-25-4-26(14-37)6-27(5-25)15-37;1-17(3-2-15(20)21)25-10-14(26-17)9-24-16(22)18-5-12-4-13(6-18)8-19(23,7-12)11-18;1-3-16(8-21-9-16)10-23-14(20)22-7-12-11(6-17)24-15(2,25-12)5-4-13(18)19;1-8(3-2-7(10)11)12-5-6(4-9)13-8;1-4(6)2-3-5(7)8/h22-30H,1-21H2,(H,39,40);12-14,23H,2-11H2,1H3,(H,20,21);11-12,17H,3-10H2,1-2H3,(H,18,19);6,9H,2-5H2,1H3,(H,10,11);4,6H,2-3H2,1H3,(H,7,8)/p-4. The molecule has 16 aliphatic carbocycles. The quantitative estimate of drug-likeness (QED) is 0.0525. The fourth-order valence-corrected chi connectivity index (χ4v) is 25.3. The maximum atomic E-state index is 14.0. The zero-order valence-electron chi connectivity index (χ0n) is 69.3. The summed E-state index contributed by atoms with van der Waals surface area (Å²) in [6.07, 6.45) is 19.6. The molecule has 16 saturated carbocycles. The molecule has 5 saturated heterocycles. The molecule has 21 fully saturated rings. The van der Waals surface area contributed by atoms with Crippen molar-refractivity contribution in [3.63, 3.8) is 0 Å². The molecule has 16 bridgehead atoms. The molecule has 5 heterocycles. The Balaban J connectivity index is 0.000000144. The Morgan fingerprint density at radius 2 is 0.847 bits per heavy atom. The molecular weight excluding hydrogens is 1540 g/mol. The number of hydrogen-bond donors (Lipinski definition) is 5. The van der Waals surface area contributed by atoms with Gasteiger partial charge in [0, 0.05) is 55.0 Å². The Labute approximate surface area is 689 Å². The molecule has 0 aromatic heterocycles. The average molecular weight is 1670 g/mol. The zero-order chi connectivity index (χ0) is 84.7. The van der Waals surface area contributed by atoms with Crippen LogP contribution in [0.25, 0.3) is 0 Å². The lowest BCUT2D eigenvalue weighted by Gasteiger charge is -2.64. The second kappa shape index (κ2) is 36.0. The van der Waals surface area contributed by atoms with Crippen LogP contribution in [-0.2, 0) is 105 Å². The van der Waals surface area contributed by atoms with E-state index in [1.54, 1.807) is 27.7 Å². The molecule has 666 valence electrons. The number of hydrogen-bond acceptors (Lipinski definition) is 31. The summed E-state index contributed by atoms with van der Waals surface area (Å²) in [5.74, 6) is -4.14. The van der Waals surface area contributed by atoms with Gasteiger partial charge in [0.2, 0.25) is 0 Å². The van der Waals surface area contributed by atoms with E-state index in [0.717, 1.165) is 96.3 Å². The van der Waals surface area contributed by atoms with Gasteiger partial charge in [-0.2, -0.15) is 0 Å². The number of carboxylic acid groups (broad SMARTS) is 5. The van der Waals surface area contributed by atoms with Gasteiger partial charge >= 0.3 is 30.0 Å². The lowest BCUT2D eigenvalue weighted by atomic mass is 9.47. The third kappa shape index (κ3) is 20.6. The first-order chi connectivity index (χ1) is 55.8. The number of ether oxygens (including phenoxy) is 14. The number of rotatable bonds is 29. The Bertz CT molecular complexity index is 3410. The van der Waals surface area contributed by atoms with Gasteiger partial charge in [-0.25, -0.2) is 4.79 Å². The van der Waals surface area contributed by atoms with Gasteiger partial charge in [0.15, 0.2) is 23.1 Å². The van der Waals surface area contributed by atoms with Crippen molar-refractivity contribution in [2.24, 2.45) is 97.6 Å². The van der Waals surface area contributed by atoms with Crippen LogP contribution in [0.5, 0.6) is 0 Å². The molecular formula is C86H126O32-4. The van der Waals surface area contributed by atoms with Crippen LogP contribution >= 0.6 is 0 Å². The van der Waals surface area contributed by atoms with E-state index in [1.165, 1.54) is 38.5 Å². The van der Waals surface area contributed by atoms with Crippen LogP contribution < -0.4 is 20.4 Å². The van der Waals surface area contributed by atoms with E-state index < -0.39 is 105 Å². The van der Waals surface area contributed by atoms with Crippen LogP contribution in [-0.4, -0.2) is 225 Å². The van der Waals surface area contributed by atoms with E-state index in [4.69, 9.17) is 76.5 Å². The van der Waals surface area contributed by atoms with E-state index in [1.807, 2.05) is 6.92 Å². The van der Waals surface area contributed by atoms with Gasteiger partial charge in [-0.05, 0) is 267 Å². The van der Waals surface area contributed by atoms with Gasteiger partial charge in [-0.3, -0.25) is 19.2 Å². The van der Waals surface area contributed by atoms with E-state index in [0.29, 0.717) is 106 Å². The van der Waals surface area contributed by atoms with Gasteiger partial charge in [-0.1, -0.05) is 6.92 Å². The molecule has 5 N–H and O–H groups in total. The minimum atomic E-state index is -1.22. The summed E-state index contributed by atoms with van der Waals surface area (Å²) in [7, 11) is 0. The third-order valence-electron chi connectivity index (χ3n) is 29.9. The fraction of sp³-hybridized carbons (Fsp3) is 0.895. The first-order valence-corrected chi connectivity index (χ1v) is 43.6. The molecule has 21 aliphatic rings. The monoisotopic (exact) mass is 1670 g/mol. The highest BCUT2D eigenvalue weighted by atomic mass is 16.8. The minimum absolute atomic E-state index is 0.0528. The van der Waals surface area contributed by atoms with Crippen LogP contribution in [0.15, 0.2) is 0 Å². The second-order valence-electron chi connectivity index (χ2n) is 40.1. The molecule has 12 atom stereocenters. The number of aliphatic hydroxyl groups excluding tert-OH is 3. The number of aliphatic hydroxyl groups is 4. The molecule has 5 aliphatic heterocycles. The van der Waals surface area contributed by atoms with Gasteiger partial charge in [0.05, 0.1) is 97.1 Å². The average Bonchev–Trinajstić information content (AvgIpc) is 0.796. The highest BCUT2D eigenvalue weighted by Gasteiger charge is 2.69.